The van der Waals surface area contributed by atoms with Gasteiger partial charge in [-0.05, 0) is 107 Å². The summed E-state index contributed by atoms with van der Waals surface area (Å²) in [5.74, 6) is -1.47. The van der Waals surface area contributed by atoms with Crippen molar-refractivity contribution in [3.05, 3.63) is 77.4 Å². The third-order valence-electron chi connectivity index (χ3n) is 8.66. The van der Waals surface area contributed by atoms with Crippen molar-refractivity contribution in [2.75, 3.05) is 18.0 Å². The average Bonchev–Trinajstić information content (AvgIpc) is 3.04. The number of hydrogen-bond acceptors (Lipinski definition) is 9. The molecule has 3 aromatic carbocycles. The van der Waals surface area contributed by atoms with Crippen molar-refractivity contribution >= 4 is 29.2 Å². The molecule has 3 rings (SSSR count). The molecule has 12 heteroatoms. The highest BCUT2D eigenvalue weighted by molar-refractivity contribution is 6.48. The molecule has 0 fully saturated rings. The molecule has 50 heavy (non-hydrogen) atoms. The summed E-state index contributed by atoms with van der Waals surface area (Å²) in [6.07, 6.45) is 3.84. The Morgan fingerprint density at radius 1 is 0.840 bits per heavy atom. The molecular weight excluding hydrogens is 638 g/mol. The van der Waals surface area contributed by atoms with Gasteiger partial charge in [-0.15, -0.1) is 0 Å². The third-order valence-corrected chi connectivity index (χ3v) is 8.66. The van der Waals surface area contributed by atoms with E-state index in [-0.39, 0.29) is 41.3 Å². The quantitative estimate of drug-likeness (QED) is 0.0527. The van der Waals surface area contributed by atoms with Crippen molar-refractivity contribution in [3.8, 4) is 23.0 Å². The number of phenols is 2. The van der Waals surface area contributed by atoms with E-state index in [2.05, 4.69) is 10.6 Å². The molecule has 0 aliphatic rings. The zero-order valence-electron chi connectivity index (χ0n) is 29.8. The Morgan fingerprint density at radius 2 is 1.42 bits per heavy atom. The Morgan fingerprint density at radius 3 is 1.98 bits per heavy atom. The fourth-order valence-electron chi connectivity index (χ4n) is 5.11. The third kappa shape index (κ3) is 10.3. The molecule has 0 saturated heterocycles. The fourth-order valence-corrected chi connectivity index (χ4v) is 5.11. The van der Waals surface area contributed by atoms with Gasteiger partial charge in [0.05, 0.1) is 16.8 Å². The van der Waals surface area contributed by atoms with Crippen LogP contribution in [-0.2, 0) is 4.79 Å². The zero-order valence-corrected chi connectivity index (χ0v) is 29.8. The zero-order chi connectivity index (χ0) is 37.2. The molecule has 12 nitrogen and oxygen atoms in total. The molecule has 0 bridgehead atoms. The first-order valence-electron chi connectivity index (χ1n) is 16.9. The van der Waals surface area contributed by atoms with Gasteiger partial charge in [-0.3, -0.25) is 25.3 Å². The molecular formula is C38H51N5O7. The minimum absolute atomic E-state index is 0.0404. The molecule has 0 spiro atoms. The number of carbonyl (C=O) groups excluding carboxylic acids is 2. The molecule has 1 atom stereocenters. The number of nitrogens with one attached hydrogen (secondary N) is 4. The van der Waals surface area contributed by atoms with Crippen molar-refractivity contribution in [3.63, 3.8) is 0 Å². The summed E-state index contributed by atoms with van der Waals surface area (Å²) in [4.78, 5) is 26.4. The molecule has 0 aliphatic carbocycles. The van der Waals surface area contributed by atoms with Crippen molar-refractivity contribution < 1.29 is 34.8 Å². The number of rotatable bonds is 15. The Hall–Kier alpha value is -4.94. The van der Waals surface area contributed by atoms with E-state index in [1.807, 2.05) is 13.8 Å². The van der Waals surface area contributed by atoms with Crippen LogP contribution in [0.3, 0.4) is 0 Å². The van der Waals surface area contributed by atoms with Crippen molar-refractivity contribution in [2.24, 2.45) is 0 Å². The molecule has 8 N–H and O–H groups in total. The number of phenolic OH excluding ortho intramolecular Hbond substituents is 2. The minimum Gasteiger partial charge on any atom is -0.508 e. The number of unbranched alkanes of at least 4 members (excludes halogenated alkanes) is 3. The molecule has 0 aliphatic heterocycles. The predicted molar refractivity (Wildman–Crippen MR) is 195 cm³/mol. The second-order valence-electron chi connectivity index (χ2n) is 13.3. The number of carbonyl (C=O) groups is 2. The molecule has 270 valence electrons. The predicted octanol–water partition coefficient (Wildman–Crippen LogP) is 6.16. The summed E-state index contributed by atoms with van der Waals surface area (Å²) in [5, 5.41) is 64.3. The van der Waals surface area contributed by atoms with Crippen molar-refractivity contribution in [2.45, 2.75) is 90.8 Å². The topological polar surface area (TPSA) is 199 Å². The number of benzene rings is 3. The Bertz CT molecular complexity index is 1650. The van der Waals surface area contributed by atoms with Crippen molar-refractivity contribution in [1.82, 2.24) is 10.6 Å². The number of likely N-dealkylation sites (N-methyl/N-ethyl adjacent to an activating group) is 1. The Balaban J connectivity index is 1.63. The lowest BCUT2D eigenvalue weighted by molar-refractivity contribution is -0.124. The number of aliphatic hydroxyl groups is 2. The maximum absolute atomic E-state index is 12.7. The normalized spacial score (nSPS) is 12.6. The van der Waals surface area contributed by atoms with Gasteiger partial charge in [0.25, 0.3) is 11.8 Å². The SMILES string of the molecule is CCNC(=O)C(=N)N(C(=N)c1cc(C(C)C)c(O)cc1O)c1ccc(Oc2ccc(C(=O)NCCCCCCC(C)(O)C(C)(C)O)cc2)cc1. The second-order valence-corrected chi connectivity index (χ2v) is 13.3. The lowest BCUT2D eigenvalue weighted by atomic mass is 9.83. The van der Waals surface area contributed by atoms with E-state index >= 15 is 0 Å². The van der Waals surface area contributed by atoms with E-state index in [0.29, 0.717) is 41.3 Å². The number of nitrogens with zero attached hydrogens (tertiary/aromatic N) is 1. The smallest absolute Gasteiger partial charge is 0.287 e. The summed E-state index contributed by atoms with van der Waals surface area (Å²) in [6.45, 7) is 11.1. The number of ether oxygens (including phenoxy) is 1. The molecule has 0 aromatic heterocycles. The van der Waals surface area contributed by atoms with Gasteiger partial charge in [-0.1, -0.05) is 33.1 Å². The summed E-state index contributed by atoms with van der Waals surface area (Å²) < 4.78 is 5.96. The van der Waals surface area contributed by atoms with Gasteiger partial charge in [0.15, 0.2) is 5.84 Å². The van der Waals surface area contributed by atoms with Crippen LogP contribution >= 0.6 is 0 Å². The molecule has 0 saturated carbocycles. The molecule has 0 heterocycles. The number of hydrogen-bond donors (Lipinski definition) is 8. The van der Waals surface area contributed by atoms with Gasteiger partial charge in [0.2, 0.25) is 0 Å². The Kier molecular flexibility index (Phi) is 13.5. The van der Waals surface area contributed by atoms with E-state index in [1.165, 1.54) is 6.07 Å². The van der Waals surface area contributed by atoms with E-state index in [1.54, 1.807) is 76.2 Å². The van der Waals surface area contributed by atoms with Gasteiger partial charge >= 0.3 is 0 Å². The first-order valence-corrected chi connectivity index (χ1v) is 16.9. The molecule has 3 aromatic rings. The lowest BCUT2D eigenvalue weighted by Gasteiger charge is -2.35. The van der Waals surface area contributed by atoms with Crippen LogP contribution < -0.4 is 20.3 Å². The highest BCUT2D eigenvalue weighted by atomic mass is 16.5. The van der Waals surface area contributed by atoms with Crippen LogP contribution in [-0.4, -0.2) is 68.2 Å². The number of amidine groups is 2. The summed E-state index contributed by atoms with van der Waals surface area (Å²) in [5.41, 5.74) is -0.999. The standard InChI is InChI=1S/C38H51N5O7/c1-7-41-36(47)34(40)43(33(39)30-22-29(24(2)3)31(44)23-32(30)45)26-14-18-28(19-15-26)50-27-16-12-25(13-17-27)35(46)42-21-11-9-8-10-20-38(6,49)37(4,5)48/h12-19,22-24,39-40,44-45,48-49H,7-11,20-21H2,1-6H3,(H,41,47)(H,42,46). The monoisotopic (exact) mass is 689 g/mol. The van der Waals surface area contributed by atoms with Crippen LogP contribution in [0.5, 0.6) is 23.0 Å². The summed E-state index contributed by atoms with van der Waals surface area (Å²) in [7, 11) is 0. The maximum atomic E-state index is 12.7. The van der Waals surface area contributed by atoms with Gasteiger partial charge in [-0.25, -0.2) is 0 Å². The second kappa shape index (κ2) is 17.1. The minimum atomic E-state index is -1.17. The molecule has 2 amide bonds. The largest absolute Gasteiger partial charge is 0.508 e. The van der Waals surface area contributed by atoms with E-state index < -0.39 is 22.9 Å². The average molecular weight is 690 g/mol. The summed E-state index contributed by atoms with van der Waals surface area (Å²) >= 11 is 0. The van der Waals surface area contributed by atoms with E-state index in [0.717, 1.165) is 36.6 Å². The van der Waals surface area contributed by atoms with Gasteiger partial charge in [-0.2, -0.15) is 0 Å². The maximum Gasteiger partial charge on any atom is 0.287 e. The molecule has 1 unspecified atom stereocenters. The first kappa shape index (κ1) is 39.5. The van der Waals surface area contributed by atoms with Crippen molar-refractivity contribution in [1.29, 1.82) is 10.8 Å². The van der Waals surface area contributed by atoms with Crippen LogP contribution in [0.4, 0.5) is 5.69 Å². The van der Waals surface area contributed by atoms with Crippen LogP contribution in [0.25, 0.3) is 0 Å². The molecule has 0 radical (unpaired) electrons. The number of anilines is 1. The highest BCUT2D eigenvalue weighted by Gasteiger charge is 2.36. The van der Waals surface area contributed by atoms with Crippen LogP contribution in [0.2, 0.25) is 0 Å². The lowest BCUT2D eigenvalue weighted by Crippen LogP contribution is -2.47. The Labute approximate surface area is 294 Å². The van der Waals surface area contributed by atoms with Crippen LogP contribution in [0.15, 0.2) is 60.7 Å². The number of amides is 2. The van der Waals surface area contributed by atoms with Gasteiger partial charge in [0.1, 0.15) is 28.8 Å². The fraction of sp³-hybridized carbons (Fsp3) is 0.421. The van der Waals surface area contributed by atoms with E-state index in [9.17, 15) is 30.0 Å². The van der Waals surface area contributed by atoms with E-state index in [4.69, 9.17) is 15.6 Å². The van der Waals surface area contributed by atoms with Crippen LogP contribution in [0, 0.1) is 10.8 Å². The summed E-state index contributed by atoms with van der Waals surface area (Å²) in [6, 6.07) is 15.7. The van der Waals surface area contributed by atoms with Gasteiger partial charge < -0.3 is 35.8 Å². The highest BCUT2D eigenvalue weighted by Crippen LogP contribution is 2.34. The van der Waals surface area contributed by atoms with Crippen LogP contribution in [0.1, 0.15) is 101 Å². The first-order chi connectivity index (χ1) is 23.5. The number of aromatic hydroxyl groups is 2. The van der Waals surface area contributed by atoms with Gasteiger partial charge in [0, 0.05) is 30.4 Å².